The van der Waals surface area contributed by atoms with Gasteiger partial charge in [-0.25, -0.2) is 14.8 Å². The number of hydrogen-bond donors (Lipinski definition) is 1. The Morgan fingerprint density at radius 2 is 2.32 bits per heavy atom. The number of rotatable bonds is 4. The van der Waals surface area contributed by atoms with Crippen molar-refractivity contribution in [2.45, 2.75) is 13.5 Å². The van der Waals surface area contributed by atoms with Crippen molar-refractivity contribution in [1.82, 2.24) is 20.2 Å². The summed E-state index contributed by atoms with van der Waals surface area (Å²) in [5.41, 5.74) is 1.03. The zero-order chi connectivity index (χ0) is 13.7. The molecule has 0 aliphatic carbocycles. The van der Waals surface area contributed by atoms with E-state index in [-0.39, 0.29) is 5.56 Å². The Bertz CT molecular complexity index is 574. The molecule has 0 aliphatic heterocycles. The zero-order valence-electron chi connectivity index (χ0n) is 10.6. The number of carbonyl (C=O) groups excluding carboxylic acids is 1. The molecule has 2 heterocycles. The Morgan fingerprint density at radius 1 is 1.47 bits per heavy atom. The maximum Gasteiger partial charge on any atom is 0.343 e. The molecule has 0 aromatic carbocycles. The number of anilines is 1. The highest BCUT2D eigenvalue weighted by atomic mass is 16.5. The van der Waals surface area contributed by atoms with Gasteiger partial charge in [0.25, 0.3) is 0 Å². The van der Waals surface area contributed by atoms with Crippen LogP contribution in [0.25, 0.3) is 0 Å². The zero-order valence-corrected chi connectivity index (χ0v) is 10.6. The molecule has 0 bridgehead atoms. The summed E-state index contributed by atoms with van der Waals surface area (Å²) in [6.07, 6.45) is 3.03. The van der Waals surface area contributed by atoms with Crippen molar-refractivity contribution < 1.29 is 9.53 Å². The molecule has 0 radical (unpaired) electrons. The molecule has 7 nitrogen and oxygen atoms in total. The van der Waals surface area contributed by atoms with Crippen molar-refractivity contribution in [3.8, 4) is 0 Å². The van der Waals surface area contributed by atoms with Gasteiger partial charge in [-0.1, -0.05) is 0 Å². The van der Waals surface area contributed by atoms with Gasteiger partial charge in [0.2, 0.25) is 0 Å². The first kappa shape index (κ1) is 12.9. The molecule has 0 saturated heterocycles. The van der Waals surface area contributed by atoms with Gasteiger partial charge in [0, 0.05) is 12.4 Å². The number of methoxy groups -OCH3 is 1. The Labute approximate surface area is 110 Å². The number of nitrogens with one attached hydrogen (secondary N) is 1. The van der Waals surface area contributed by atoms with Crippen LogP contribution in [-0.4, -0.2) is 33.2 Å². The lowest BCUT2D eigenvalue weighted by Gasteiger charge is -2.09. The predicted octanol–water partition coefficient (Wildman–Crippen LogP) is 0.974. The van der Waals surface area contributed by atoms with E-state index in [1.807, 2.05) is 6.07 Å². The number of aromatic nitrogens is 4. The highest BCUT2D eigenvalue weighted by Crippen LogP contribution is 2.13. The van der Waals surface area contributed by atoms with E-state index in [1.165, 1.54) is 13.3 Å². The van der Waals surface area contributed by atoms with Crippen LogP contribution in [0.2, 0.25) is 0 Å². The first-order valence-electron chi connectivity index (χ1n) is 5.63. The summed E-state index contributed by atoms with van der Waals surface area (Å²) in [4.78, 5) is 19.8. The van der Waals surface area contributed by atoms with Crippen LogP contribution in [0.1, 0.15) is 21.9 Å². The molecule has 98 valence electrons. The van der Waals surface area contributed by atoms with Crippen LogP contribution in [0.5, 0.6) is 0 Å². The highest BCUT2D eigenvalue weighted by Gasteiger charge is 2.14. The van der Waals surface area contributed by atoms with Gasteiger partial charge >= 0.3 is 5.97 Å². The third-order valence-electron chi connectivity index (χ3n) is 2.38. The van der Waals surface area contributed by atoms with Crippen LogP contribution in [0.15, 0.2) is 24.5 Å². The van der Waals surface area contributed by atoms with Crippen molar-refractivity contribution in [3.63, 3.8) is 0 Å². The lowest BCUT2D eigenvalue weighted by Crippen LogP contribution is -2.12. The maximum atomic E-state index is 11.6. The van der Waals surface area contributed by atoms with Crippen LogP contribution < -0.4 is 5.32 Å². The van der Waals surface area contributed by atoms with E-state index in [4.69, 9.17) is 0 Å². The first-order chi connectivity index (χ1) is 9.20. The minimum atomic E-state index is -0.485. The molecule has 0 spiro atoms. The normalized spacial score (nSPS) is 10.0. The molecule has 1 N–H and O–H groups in total. The topological polar surface area (TPSA) is 89.9 Å². The molecular formula is C12H13N5O2. The third-order valence-corrected chi connectivity index (χ3v) is 2.38. The van der Waals surface area contributed by atoms with Gasteiger partial charge in [-0.05, 0) is 19.1 Å². The van der Waals surface area contributed by atoms with Crippen molar-refractivity contribution in [2.75, 3.05) is 12.4 Å². The number of ether oxygens (including phenoxy) is 1. The fraction of sp³-hybridized carbons (Fsp3) is 0.250. The third kappa shape index (κ3) is 3.21. The van der Waals surface area contributed by atoms with Crippen LogP contribution in [0.4, 0.5) is 5.82 Å². The summed E-state index contributed by atoms with van der Waals surface area (Å²) in [5, 5.41) is 10.7. The molecule has 0 amide bonds. The lowest BCUT2D eigenvalue weighted by molar-refractivity contribution is 0.0601. The monoisotopic (exact) mass is 259 g/mol. The summed E-state index contributed by atoms with van der Waals surface area (Å²) in [7, 11) is 1.31. The molecule has 2 aromatic rings. The van der Waals surface area contributed by atoms with E-state index in [0.717, 1.165) is 5.69 Å². The molecule has 19 heavy (non-hydrogen) atoms. The number of nitrogens with zero attached hydrogens (tertiary/aromatic N) is 4. The number of carbonyl (C=O) groups is 1. The summed E-state index contributed by atoms with van der Waals surface area (Å²) in [6.45, 7) is 2.16. The SMILES string of the molecule is COC(=O)c1cnc(C)nc1NCc1cccnn1. The maximum absolute atomic E-state index is 11.6. The van der Waals surface area contributed by atoms with Crippen LogP contribution in [0.3, 0.4) is 0 Å². The van der Waals surface area contributed by atoms with Gasteiger partial charge in [-0.15, -0.1) is 0 Å². The second-order valence-electron chi connectivity index (χ2n) is 3.74. The highest BCUT2D eigenvalue weighted by molar-refractivity contribution is 5.94. The molecule has 0 unspecified atom stereocenters. The molecule has 0 saturated carbocycles. The Kier molecular flexibility index (Phi) is 3.97. The van der Waals surface area contributed by atoms with E-state index in [0.29, 0.717) is 18.2 Å². The molecule has 0 fully saturated rings. The van der Waals surface area contributed by atoms with Crippen LogP contribution in [-0.2, 0) is 11.3 Å². The smallest absolute Gasteiger partial charge is 0.343 e. The van der Waals surface area contributed by atoms with Crippen molar-refractivity contribution in [2.24, 2.45) is 0 Å². The molecule has 0 atom stereocenters. The van der Waals surface area contributed by atoms with Gasteiger partial charge in [0.1, 0.15) is 17.2 Å². The van der Waals surface area contributed by atoms with E-state index >= 15 is 0 Å². The van der Waals surface area contributed by atoms with Crippen LogP contribution in [0, 0.1) is 6.92 Å². The van der Waals surface area contributed by atoms with Crippen LogP contribution >= 0.6 is 0 Å². The second-order valence-corrected chi connectivity index (χ2v) is 3.74. The quantitative estimate of drug-likeness (QED) is 0.818. The van der Waals surface area contributed by atoms with Crippen molar-refractivity contribution >= 4 is 11.8 Å². The minimum Gasteiger partial charge on any atom is -0.465 e. The summed E-state index contributed by atoms with van der Waals surface area (Å²) < 4.78 is 4.68. The van der Waals surface area contributed by atoms with Gasteiger partial charge in [-0.3, -0.25) is 0 Å². The fourth-order valence-electron chi connectivity index (χ4n) is 1.47. The number of hydrogen-bond acceptors (Lipinski definition) is 7. The number of aryl methyl sites for hydroxylation is 1. The average Bonchev–Trinajstić information content (AvgIpc) is 2.45. The van der Waals surface area contributed by atoms with Crippen molar-refractivity contribution in [1.29, 1.82) is 0 Å². The molecular weight excluding hydrogens is 246 g/mol. The van der Waals surface area contributed by atoms with Gasteiger partial charge in [-0.2, -0.15) is 10.2 Å². The summed E-state index contributed by atoms with van der Waals surface area (Å²) in [5.74, 6) is 0.501. The predicted molar refractivity (Wildman–Crippen MR) is 67.5 cm³/mol. The molecule has 0 aliphatic rings. The standard InChI is InChI=1S/C12H13N5O2/c1-8-13-7-10(12(18)19-2)11(16-8)14-6-9-4-3-5-15-17-9/h3-5,7H,6H2,1-2H3,(H,13,14,16). The summed E-state index contributed by atoms with van der Waals surface area (Å²) in [6, 6.07) is 3.61. The molecule has 2 aromatic heterocycles. The lowest BCUT2D eigenvalue weighted by atomic mass is 10.3. The Morgan fingerprint density at radius 3 is 3.00 bits per heavy atom. The molecule has 7 heteroatoms. The first-order valence-corrected chi connectivity index (χ1v) is 5.63. The Balaban J connectivity index is 2.19. The van der Waals surface area contributed by atoms with E-state index in [1.54, 1.807) is 19.2 Å². The summed E-state index contributed by atoms with van der Waals surface area (Å²) >= 11 is 0. The fourth-order valence-corrected chi connectivity index (χ4v) is 1.47. The minimum absolute atomic E-state index is 0.289. The van der Waals surface area contributed by atoms with Crippen molar-refractivity contribution in [3.05, 3.63) is 41.6 Å². The molecule has 2 rings (SSSR count). The Hall–Kier alpha value is -2.57. The number of esters is 1. The van der Waals surface area contributed by atoms with E-state index in [2.05, 4.69) is 30.2 Å². The van der Waals surface area contributed by atoms with Gasteiger partial charge < -0.3 is 10.1 Å². The largest absolute Gasteiger partial charge is 0.465 e. The van der Waals surface area contributed by atoms with E-state index < -0.39 is 5.97 Å². The second kappa shape index (κ2) is 5.85. The van der Waals surface area contributed by atoms with Gasteiger partial charge in [0.15, 0.2) is 0 Å². The van der Waals surface area contributed by atoms with Gasteiger partial charge in [0.05, 0.1) is 19.3 Å². The van der Waals surface area contributed by atoms with E-state index in [9.17, 15) is 4.79 Å². The average molecular weight is 259 g/mol.